The largest absolute Gasteiger partial charge is 0.354 e. The van der Waals surface area contributed by atoms with Gasteiger partial charge in [0.1, 0.15) is 0 Å². The third kappa shape index (κ3) is 3.21. The van der Waals surface area contributed by atoms with Crippen LogP contribution < -0.4 is 5.32 Å². The van der Waals surface area contributed by atoms with Crippen LogP contribution in [0.25, 0.3) is 0 Å². The zero-order valence-corrected chi connectivity index (χ0v) is 13.4. The van der Waals surface area contributed by atoms with Crippen molar-refractivity contribution in [3.05, 3.63) is 17.5 Å². The van der Waals surface area contributed by atoms with E-state index in [1.807, 2.05) is 0 Å². The number of aromatic nitrogens is 2. The maximum Gasteiger partial charge on any atom is 0.223 e. The Kier molecular flexibility index (Phi) is 3.93. The van der Waals surface area contributed by atoms with Gasteiger partial charge >= 0.3 is 0 Å². The monoisotopic (exact) mass is 301 g/mol. The van der Waals surface area contributed by atoms with Gasteiger partial charge in [-0.2, -0.15) is 5.10 Å². The highest BCUT2D eigenvalue weighted by Gasteiger charge is 2.32. The summed E-state index contributed by atoms with van der Waals surface area (Å²) in [5.41, 5.74) is 2.70. The number of rotatable bonds is 6. The number of nitrogens with one attached hydrogen (secondary N) is 1. The Balaban J connectivity index is 1.32. The van der Waals surface area contributed by atoms with Crippen LogP contribution in [0.4, 0.5) is 0 Å². The molecule has 0 bridgehead atoms. The summed E-state index contributed by atoms with van der Waals surface area (Å²) >= 11 is 0. The van der Waals surface area contributed by atoms with Gasteiger partial charge in [0.05, 0.1) is 12.2 Å². The van der Waals surface area contributed by atoms with Crippen molar-refractivity contribution in [1.82, 2.24) is 15.1 Å². The standard InChI is InChI=1S/C18H27N3O/c22-18(15-4-2-1-3-5-15)19-10-11-21-17(14-8-9-14)12-16(20-21)13-6-7-13/h12-15H,1-11H2,(H,19,22). The molecule has 0 aliphatic heterocycles. The minimum absolute atomic E-state index is 0.260. The number of hydrogen-bond donors (Lipinski definition) is 1. The minimum Gasteiger partial charge on any atom is -0.354 e. The summed E-state index contributed by atoms with van der Waals surface area (Å²) < 4.78 is 2.17. The van der Waals surface area contributed by atoms with Gasteiger partial charge in [0.2, 0.25) is 5.91 Å². The molecule has 0 aromatic carbocycles. The van der Waals surface area contributed by atoms with E-state index in [1.54, 1.807) is 0 Å². The van der Waals surface area contributed by atoms with Crippen LogP contribution in [0.5, 0.6) is 0 Å². The highest BCUT2D eigenvalue weighted by atomic mass is 16.1. The van der Waals surface area contributed by atoms with Crippen LogP contribution in [0.15, 0.2) is 6.07 Å². The molecule has 1 heterocycles. The SMILES string of the molecule is O=C(NCCn1nc(C2CC2)cc1C1CC1)C1CCCCC1. The summed E-state index contributed by atoms with van der Waals surface area (Å²) in [6.07, 6.45) is 11.1. The average molecular weight is 301 g/mol. The Morgan fingerprint density at radius 3 is 2.50 bits per heavy atom. The van der Waals surface area contributed by atoms with Gasteiger partial charge in [0.15, 0.2) is 0 Å². The van der Waals surface area contributed by atoms with Crippen LogP contribution >= 0.6 is 0 Å². The zero-order valence-electron chi connectivity index (χ0n) is 13.4. The van der Waals surface area contributed by atoms with Crippen molar-refractivity contribution in [3.63, 3.8) is 0 Å². The highest BCUT2D eigenvalue weighted by molar-refractivity contribution is 5.78. The smallest absolute Gasteiger partial charge is 0.223 e. The molecule has 4 rings (SSSR count). The molecule has 120 valence electrons. The van der Waals surface area contributed by atoms with Crippen LogP contribution in [-0.2, 0) is 11.3 Å². The lowest BCUT2D eigenvalue weighted by atomic mass is 9.89. The van der Waals surface area contributed by atoms with E-state index in [2.05, 4.69) is 16.1 Å². The van der Waals surface area contributed by atoms with Gasteiger partial charge in [-0.15, -0.1) is 0 Å². The first kappa shape index (κ1) is 14.3. The lowest BCUT2D eigenvalue weighted by molar-refractivity contribution is -0.125. The molecule has 3 fully saturated rings. The molecule has 3 saturated carbocycles. The fraction of sp³-hybridized carbons (Fsp3) is 0.778. The van der Waals surface area contributed by atoms with Gasteiger partial charge < -0.3 is 5.32 Å². The van der Waals surface area contributed by atoms with Crippen LogP contribution in [0.1, 0.15) is 81.0 Å². The van der Waals surface area contributed by atoms with Crippen LogP contribution in [0.2, 0.25) is 0 Å². The molecule has 0 radical (unpaired) electrons. The molecule has 4 heteroatoms. The van der Waals surface area contributed by atoms with E-state index in [-0.39, 0.29) is 11.8 Å². The predicted octanol–water partition coefficient (Wildman–Crippen LogP) is 3.33. The van der Waals surface area contributed by atoms with E-state index >= 15 is 0 Å². The second-order valence-corrected chi connectivity index (χ2v) is 7.39. The Labute approximate surface area is 132 Å². The van der Waals surface area contributed by atoms with Gasteiger partial charge in [0.25, 0.3) is 0 Å². The van der Waals surface area contributed by atoms with Crippen LogP contribution in [-0.4, -0.2) is 22.2 Å². The Morgan fingerprint density at radius 1 is 1.09 bits per heavy atom. The molecule has 1 aromatic rings. The molecule has 0 unspecified atom stereocenters. The summed E-state index contributed by atoms with van der Waals surface area (Å²) in [7, 11) is 0. The third-order valence-corrected chi connectivity index (χ3v) is 5.42. The van der Waals surface area contributed by atoms with E-state index in [0.717, 1.165) is 37.8 Å². The molecular weight excluding hydrogens is 274 g/mol. The predicted molar refractivity (Wildman–Crippen MR) is 85.8 cm³/mol. The molecule has 3 aliphatic carbocycles. The Hall–Kier alpha value is -1.32. The van der Waals surface area contributed by atoms with Crippen molar-refractivity contribution in [2.45, 2.75) is 76.2 Å². The van der Waals surface area contributed by atoms with Crippen molar-refractivity contribution in [1.29, 1.82) is 0 Å². The first-order chi connectivity index (χ1) is 10.8. The lowest BCUT2D eigenvalue weighted by Crippen LogP contribution is -2.34. The van der Waals surface area contributed by atoms with E-state index in [9.17, 15) is 4.79 Å². The van der Waals surface area contributed by atoms with E-state index in [4.69, 9.17) is 5.10 Å². The maximum atomic E-state index is 12.2. The normalized spacial score (nSPS) is 22.7. The molecular formula is C18H27N3O. The second-order valence-electron chi connectivity index (χ2n) is 7.39. The summed E-state index contributed by atoms with van der Waals surface area (Å²) in [6, 6.07) is 2.33. The van der Waals surface area contributed by atoms with Crippen molar-refractivity contribution in [3.8, 4) is 0 Å². The fourth-order valence-electron chi connectivity index (χ4n) is 3.71. The molecule has 0 saturated heterocycles. The number of hydrogen-bond acceptors (Lipinski definition) is 2. The van der Waals surface area contributed by atoms with Gasteiger partial charge in [-0.05, 0) is 44.6 Å². The molecule has 1 aromatic heterocycles. The maximum absolute atomic E-state index is 12.2. The lowest BCUT2D eigenvalue weighted by Gasteiger charge is -2.20. The van der Waals surface area contributed by atoms with Gasteiger partial charge in [0, 0.05) is 30.0 Å². The van der Waals surface area contributed by atoms with Crippen LogP contribution in [0, 0.1) is 5.92 Å². The van der Waals surface area contributed by atoms with E-state index < -0.39 is 0 Å². The summed E-state index contributed by atoms with van der Waals surface area (Å²) in [5, 5.41) is 7.95. The van der Waals surface area contributed by atoms with Crippen molar-refractivity contribution >= 4 is 5.91 Å². The van der Waals surface area contributed by atoms with Gasteiger partial charge in [-0.3, -0.25) is 9.48 Å². The number of nitrogens with zero attached hydrogens (tertiary/aromatic N) is 2. The van der Waals surface area contributed by atoms with E-state index in [1.165, 1.54) is 56.3 Å². The van der Waals surface area contributed by atoms with Crippen LogP contribution in [0.3, 0.4) is 0 Å². The number of amides is 1. The molecule has 4 nitrogen and oxygen atoms in total. The fourth-order valence-corrected chi connectivity index (χ4v) is 3.71. The Bertz CT molecular complexity index is 537. The topological polar surface area (TPSA) is 46.9 Å². The average Bonchev–Trinajstić information content (AvgIpc) is 3.47. The molecule has 1 amide bonds. The zero-order chi connectivity index (χ0) is 14.9. The molecule has 3 aliphatic rings. The third-order valence-electron chi connectivity index (χ3n) is 5.42. The number of carbonyl (C=O) groups is 1. The van der Waals surface area contributed by atoms with Crippen molar-refractivity contribution < 1.29 is 4.79 Å². The minimum atomic E-state index is 0.260. The first-order valence-corrected chi connectivity index (χ1v) is 9.16. The highest BCUT2D eigenvalue weighted by Crippen LogP contribution is 2.44. The van der Waals surface area contributed by atoms with Gasteiger partial charge in [-0.1, -0.05) is 19.3 Å². The van der Waals surface area contributed by atoms with E-state index in [0.29, 0.717) is 0 Å². The summed E-state index contributed by atoms with van der Waals surface area (Å²) in [5.74, 6) is 1.98. The summed E-state index contributed by atoms with van der Waals surface area (Å²) in [6.45, 7) is 1.55. The van der Waals surface area contributed by atoms with Crippen molar-refractivity contribution in [2.24, 2.45) is 5.92 Å². The Morgan fingerprint density at radius 2 is 1.82 bits per heavy atom. The number of carbonyl (C=O) groups excluding carboxylic acids is 1. The quantitative estimate of drug-likeness (QED) is 0.876. The molecule has 0 spiro atoms. The molecule has 1 N–H and O–H groups in total. The second kappa shape index (κ2) is 6.05. The van der Waals surface area contributed by atoms with Gasteiger partial charge in [-0.25, -0.2) is 0 Å². The first-order valence-electron chi connectivity index (χ1n) is 9.16. The molecule has 22 heavy (non-hydrogen) atoms. The summed E-state index contributed by atoms with van der Waals surface area (Å²) in [4.78, 5) is 12.2. The molecule has 0 atom stereocenters. The van der Waals surface area contributed by atoms with Crippen molar-refractivity contribution in [2.75, 3.05) is 6.54 Å².